The average molecular weight is 448 g/mol. The minimum absolute atomic E-state index is 0.0129. The van der Waals surface area contributed by atoms with Gasteiger partial charge in [-0.05, 0) is 53.8 Å². The third-order valence-corrected chi connectivity index (χ3v) is 6.12. The summed E-state index contributed by atoms with van der Waals surface area (Å²) in [5.41, 5.74) is 1.23. The van der Waals surface area contributed by atoms with Gasteiger partial charge in [-0.1, -0.05) is 37.6 Å². The topological polar surface area (TPSA) is 37.4 Å². The van der Waals surface area contributed by atoms with Crippen LogP contribution in [-0.2, 0) is 15.8 Å². The molecule has 1 heterocycles. The number of anilines is 1. The number of carbonyl (C=O) groups is 2. The maximum atomic E-state index is 13.2. The van der Waals surface area contributed by atoms with Crippen LogP contribution in [0.15, 0.2) is 59.8 Å². The number of benzene rings is 2. The first kappa shape index (κ1) is 21.6. The lowest BCUT2D eigenvalue weighted by molar-refractivity contribution is -0.137. The Kier molecular flexibility index (Phi) is 5.24. The summed E-state index contributed by atoms with van der Waals surface area (Å²) in [7, 11) is 0. The first-order valence-corrected chi connectivity index (χ1v) is 10.4. The van der Waals surface area contributed by atoms with E-state index in [1.807, 2.05) is 13.8 Å². The van der Waals surface area contributed by atoms with Gasteiger partial charge in [-0.3, -0.25) is 14.5 Å². The van der Waals surface area contributed by atoms with E-state index in [1.54, 1.807) is 29.2 Å². The molecule has 0 fully saturated rings. The van der Waals surface area contributed by atoms with E-state index >= 15 is 0 Å². The maximum absolute atomic E-state index is 13.2. The molecule has 0 bridgehead atoms. The Morgan fingerprint density at radius 2 is 1.58 bits per heavy atom. The number of nitrogens with zero attached hydrogens (tertiary/aromatic N) is 1. The predicted molar refractivity (Wildman–Crippen MR) is 113 cm³/mol. The first-order valence-electron chi connectivity index (χ1n) is 9.98. The van der Waals surface area contributed by atoms with E-state index in [1.165, 1.54) is 12.1 Å². The van der Waals surface area contributed by atoms with Gasteiger partial charge in [0.1, 0.15) is 0 Å². The van der Waals surface area contributed by atoms with E-state index < -0.39 is 17.7 Å². The molecule has 1 atom stereocenters. The number of allylic oxidation sites excluding steroid dienone is 2. The van der Waals surface area contributed by atoms with Gasteiger partial charge >= 0.3 is 6.18 Å². The van der Waals surface area contributed by atoms with Crippen molar-refractivity contribution in [3.63, 3.8) is 0 Å². The average Bonchev–Trinajstić information content (AvgIpc) is 2.67. The predicted octanol–water partition coefficient (Wildman–Crippen LogP) is 6.52. The van der Waals surface area contributed by atoms with Crippen LogP contribution in [-0.4, -0.2) is 11.7 Å². The van der Waals surface area contributed by atoms with Crippen LogP contribution in [0.5, 0.6) is 0 Å². The van der Waals surface area contributed by atoms with E-state index in [-0.39, 0.29) is 23.5 Å². The highest BCUT2D eigenvalue weighted by Gasteiger charge is 2.44. The molecule has 3 nitrogen and oxygen atoms in total. The summed E-state index contributed by atoms with van der Waals surface area (Å²) in [5.74, 6) is -0.823. The molecule has 0 saturated heterocycles. The quantitative estimate of drug-likeness (QED) is 0.525. The molecule has 0 saturated carbocycles. The molecule has 0 spiro atoms. The maximum Gasteiger partial charge on any atom is 0.416 e. The molecule has 1 aliphatic heterocycles. The number of rotatable bonds is 2. The molecule has 162 valence electrons. The van der Waals surface area contributed by atoms with Crippen molar-refractivity contribution in [2.45, 2.75) is 45.2 Å². The molecule has 2 aromatic rings. The number of amides is 1. The monoisotopic (exact) mass is 447 g/mol. The number of Topliss-reactive ketones (excluding diaryl/α,β-unsaturated/α-hetero) is 1. The van der Waals surface area contributed by atoms with Crippen molar-refractivity contribution >= 4 is 29.0 Å². The molecule has 1 unspecified atom stereocenters. The highest BCUT2D eigenvalue weighted by atomic mass is 35.5. The Morgan fingerprint density at radius 1 is 0.968 bits per heavy atom. The lowest BCUT2D eigenvalue weighted by Gasteiger charge is -2.43. The van der Waals surface area contributed by atoms with Crippen LogP contribution in [0.2, 0.25) is 5.02 Å². The zero-order chi connectivity index (χ0) is 22.6. The van der Waals surface area contributed by atoms with Crippen molar-refractivity contribution in [2.24, 2.45) is 5.41 Å². The molecule has 2 aromatic carbocycles. The van der Waals surface area contributed by atoms with Crippen molar-refractivity contribution in [3.8, 4) is 0 Å². The van der Waals surface area contributed by atoms with Gasteiger partial charge in [0.05, 0.1) is 5.56 Å². The van der Waals surface area contributed by atoms with Crippen LogP contribution in [0.25, 0.3) is 0 Å². The zero-order valence-electron chi connectivity index (χ0n) is 17.1. The molecule has 4 rings (SSSR count). The van der Waals surface area contributed by atoms with Crippen LogP contribution >= 0.6 is 11.6 Å². The number of halogens is 4. The highest BCUT2D eigenvalue weighted by Crippen LogP contribution is 2.48. The van der Waals surface area contributed by atoms with E-state index in [2.05, 4.69) is 0 Å². The molecule has 0 aromatic heterocycles. The minimum atomic E-state index is -4.44. The highest BCUT2D eigenvalue weighted by molar-refractivity contribution is 6.30. The van der Waals surface area contributed by atoms with Gasteiger partial charge in [0.25, 0.3) is 0 Å². The van der Waals surface area contributed by atoms with E-state index in [0.29, 0.717) is 40.4 Å². The Bertz CT molecular complexity index is 1070. The van der Waals surface area contributed by atoms with Crippen molar-refractivity contribution in [3.05, 3.63) is 76.0 Å². The van der Waals surface area contributed by atoms with Crippen molar-refractivity contribution in [2.75, 3.05) is 4.90 Å². The Hall–Kier alpha value is -2.60. The van der Waals surface area contributed by atoms with Crippen molar-refractivity contribution in [1.82, 2.24) is 0 Å². The van der Waals surface area contributed by atoms with Gasteiger partial charge in [-0.2, -0.15) is 13.2 Å². The summed E-state index contributed by atoms with van der Waals surface area (Å²) in [6, 6.07) is 11.6. The van der Waals surface area contributed by atoms with Crippen LogP contribution in [0.4, 0.5) is 18.9 Å². The standard InChI is InChI=1S/C24H21ClF3NO2/c1-23(2)12-19-22(20(30)13-23)18(14-3-5-15(6-4-14)24(26,27)28)11-21(31)29(19)17-9-7-16(25)8-10-17/h3-10,18H,11-13H2,1-2H3. The van der Waals surface area contributed by atoms with Crippen LogP contribution in [0.1, 0.15) is 50.2 Å². The normalized spacial score (nSPS) is 21.4. The fourth-order valence-electron chi connectivity index (χ4n) is 4.49. The molecule has 2 aliphatic rings. The molecule has 1 amide bonds. The lowest BCUT2D eigenvalue weighted by Crippen LogP contribution is -2.43. The number of alkyl halides is 3. The Balaban J connectivity index is 1.83. The summed E-state index contributed by atoms with van der Waals surface area (Å²) >= 11 is 5.99. The van der Waals surface area contributed by atoms with Crippen LogP contribution in [0.3, 0.4) is 0 Å². The van der Waals surface area contributed by atoms with Gasteiger partial charge in [-0.15, -0.1) is 0 Å². The fraction of sp³-hybridized carbons (Fsp3) is 0.333. The van der Waals surface area contributed by atoms with E-state index in [4.69, 9.17) is 11.6 Å². The van der Waals surface area contributed by atoms with E-state index in [0.717, 1.165) is 12.1 Å². The molecular weight excluding hydrogens is 427 g/mol. The number of ketones is 1. The minimum Gasteiger partial charge on any atom is -0.294 e. The summed E-state index contributed by atoms with van der Waals surface area (Å²) in [4.78, 5) is 28.0. The summed E-state index contributed by atoms with van der Waals surface area (Å²) in [6.45, 7) is 3.95. The SMILES string of the molecule is CC1(C)CC(=O)C2=C(C1)N(c1ccc(Cl)cc1)C(=O)CC2c1ccc(C(F)(F)F)cc1. The molecule has 7 heteroatoms. The number of hydrogen-bond acceptors (Lipinski definition) is 2. The smallest absolute Gasteiger partial charge is 0.294 e. The number of carbonyl (C=O) groups excluding carboxylic acids is 2. The molecule has 31 heavy (non-hydrogen) atoms. The largest absolute Gasteiger partial charge is 0.416 e. The van der Waals surface area contributed by atoms with Gasteiger partial charge in [0.2, 0.25) is 5.91 Å². The molecule has 1 aliphatic carbocycles. The van der Waals surface area contributed by atoms with Crippen LogP contribution < -0.4 is 4.90 Å². The third kappa shape index (κ3) is 4.13. The number of hydrogen-bond donors (Lipinski definition) is 0. The van der Waals surface area contributed by atoms with Gasteiger partial charge < -0.3 is 0 Å². The fourth-order valence-corrected chi connectivity index (χ4v) is 4.62. The van der Waals surface area contributed by atoms with Gasteiger partial charge in [0, 0.05) is 40.7 Å². The molecular formula is C24H21ClF3NO2. The van der Waals surface area contributed by atoms with Gasteiger partial charge in [0.15, 0.2) is 5.78 Å². The zero-order valence-corrected chi connectivity index (χ0v) is 17.8. The summed E-state index contributed by atoms with van der Waals surface area (Å²) < 4.78 is 38.9. The second-order valence-corrected chi connectivity index (χ2v) is 9.32. The second kappa shape index (κ2) is 7.52. The lowest BCUT2D eigenvalue weighted by atomic mass is 9.69. The third-order valence-electron chi connectivity index (χ3n) is 5.87. The first-order chi connectivity index (χ1) is 14.5. The van der Waals surface area contributed by atoms with Crippen molar-refractivity contribution in [1.29, 1.82) is 0 Å². The van der Waals surface area contributed by atoms with Crippen molar-refractivity contribution < 1.29 is 22.8 Å². The molecule has 0 N–H and O–H groups in total. The van der Waals surface area contributed by atoms with Gasteiger partial charge in [-0.25, -0.2) is 0 Å². The summed E-state index contributed by atoms with van der Waals surface area (Å²) in [5, 5.41) is 0.532. The Labute approximate surface area is 183 Å². The molecule has 0 radical (unpaired) electrons. The Morgan fingerprint density at radius 3 is 2.16 bits per heavy atom. The van der Waals surface area contributed by atoms with E-state index in [9.17, 15) is 22.8 Å². The summed E-state index contributed by atoms with van der Waals surface area (Å²) in [6.07, 6.45) is -3.59. The van der Waals surface area contributed by atoms with Crippen LogP contribution in [0, 0.1) is 5.41 Å². The second-order valence-electron chi connectivity index (χ2n) is 8.88.